The first-order valence-corrected chi connectivity index (χ1v) is 9.85. The highest BCUT2D eigenvalue weighted by Crippen LogP contribution is 2.30. The monoisotopic (exact) mass is 372 g/mol. The lowest BCUT2D eigenvalue weighted by Gasteiger charge is -2.27. The van der Waals surface area contributed by atoms with Crippen molar-refractivity contribution in [1.29, 1.82) is 0 Å². The van der Waals surface area contributed by atoms with Gasteiger partial charge in [-0.3, -0.25) is 4.79 Å². The van der Waals surface area contributed by atoms with Gasteiger partial charge in [0, 0.05) is 28.4 Å². The first kappa shape index (κ1) is 16.4. The lowest BCUT2D eigenvalue weighted by molar-refractivity contribution is -0.131. The van der Waals surface area contributed by atoms with Crippen LogP contribution in [0.5, 0.6) is 0 Å². The van der Waals surface area contributed by atoms with E-state index in [4.69, 9.17) is 0 Å². The zero-order chi connectivity index (χ0) is 17.4. The molecule has 0 fully saturated rings. The van der Waals surface area contributed by atoms with Crippen molar-refractivity contribution in [3.8, 4) is 11.3 Å². The van der Waals surface area contributed by atoms with Gasteiger partial charge in [0.1, 0.15) is 5.82 Å². The molecule has 0 radical (unpaired) electrons. The number of nitrogens with zero attached hydrogens (tertiary/aromatic N) is 2. The molecule has 0 aliphatic carbocycles. The van der Waals surface area contributed by atoms with Gasteiger partial charge in [0.25, 0.3) is 0 Å². The van der Waals surface area contributed by atoms with Gasteiger partial charge >= 0.3 is 0 Å². The maximum atomic E-state index is 13.2. The summed E-state index contributed by atoms with van der Waals surface area (Å²) in [6.45, 7) is 3.40. The SMILES string of the molecule is Cc1nc(-c2ccc(F)cc2)c(CC(=O)N2CCc3sccc3C2)s1. The highest BCUT2D eigenvalue weighted by molar-refractivity contribution is 7.12. The second kappa shape index (κ2) is 6.69. The molecule has 0 saturated carbocycles. The normalized spacial score (nSPS) is 13.8. The molecule has 0 saturated heterocycles. The second-order valence-corrected chi connectivity index (χ2v) is 8.41. The van der Waals surface area contributed by atoms with E-state index in [1.165, 1.54) is 22.6 Å². The number of carbonyl (C=O) groups excluding carboxylic acids is 1. The fraction of sp³-hybridized carbons (Fsp3) is 0.263. The van der Waals surface area contributed by atoms with Crippen LogP contribution in [0.3, 0.4) is 0 Å². The minimum atomic E-state index is -0.270. The molecule has 3 heterocycles. The summed E-state index contributed by atoms with van der Waals surface area (Å²) in [5.74, 6) is -0.142. The Kier molecular flexibility index (Phi) is 4.39. The van der Waals surface area contributed by atoms with E-state index >= 15 is 0 Å². The number of benzene rings is 1. The molecule has 3 nitrogen and oxygen atoms in total. The predicted molar refractivity (Wildman–Crippen MR) is 99.4 cm³/mol. The van der Waals surface area contributed by atoms with E-state index in [9.17, 15) is 9.18 Å². The van der Waals surface area contributed by atoms with E-state index < -0.39 is 0 Å². The Morgan fingerprint density at radius 3 is 2.88 bits per heavy atom. The molecule has 1 aliphatic heterocycles. The number of rotatable bonds is 3. The first-order valence-electron chi connectivity index (χ1n) is 8.15. The molecule has 128 valence electrons. The van der Waals surface area contributed by atoms with Gasteiger partial charge in [0.15, 0.2) is 0 Å². The molecule has 0 atom stereocenters. The summed E-state index contributed by atoms with van der Waals surface area (Å²) >= 11 is 3.31. The first-order chi connectivity index (χ1) is 12.1. The minimum Gasteiger partial charge on any atom is -0.338 e. The number of hydrogen-bond acceptors (Lipinski definition) is 4. The molecule has 1 aromatic carbocycles. The van der Waals surface area contributed by atoms with Crippen molar-refractivity contribution in [3.05, 3.63) is 61.9 Å². The van der Waals surface area contributed by atoms with E-state index in [1.807, 2.05) is 11.8 Å². The largest absolute Gasteiger partial charge is 0.338 e. The number of aryl methyl sites for hydroxylation is 1. The molecule has 2 aromatic heterocycles. The van der Waals surface area contributed by atoms with Crippen molar-refractivity contribution in [2.24, 2.45) is 0 Å². The van der Waals surface area contributed by atoms with Crippen LogP contribution in [0, 0.1) is 12.7 Å². The van der Waals surface area contributed by atoms with Crippen LogP contribution < -0.4 is 0 Å². The van der Waals surface area contributed by atoms with E-state index in [0.717, 1.165) is 34.1 Å². The number of halogens is 1. The maximum Gasteiger partial charge on any atom is 0.228 e. The van der Waals surface area contributed by atoms with E-state index in [2.05, 4.69) is 16.4 Å². The topological polar surface area (TPSA) is 33.2 Å². The average molecular weight is 372 g/mol. The van der Waals surface area contributed by atoms with Crippen molar-refractivity contribution >= 4 is 28.6 Å². The molecule has 6 heteroatoms. The lowest BCUT2D eigenvalue weighted by Crippen LogP contribution is -2.36. The third-order valence-corrected chi connectivity index (χ3v) is 6.39. The van der Waals surface area contributed by atoms with Crippen LogP contribution in [0.15, 0.2) is 35.7 Å². The van der Waals surface area contributed by atoms with Crippen molar-refractivity contribution < 1.29 is 9.18 Å². The summed E-state index contributed by atoms with van der Waals surface area (Å²) in [5.41, 5.74) is 2.92. The van der Waals surface area contributed by atoms with E-state index in [-0.39, 0.29) is 11.7 Å². The van der Waals surface area contributed by atoms with Crippen LogP contribution in [0.4, 0.5) is 4.39 Å². The Balaban J connectivity index is 1.55. The quantitative estimate of drug-likeness (QED) is 0.681. The van der Waals surface area contributed by atoms with Crippen LogP contribution in [-0.4, -0.2) is 22.3 Å². The van der Waals surface area contributed by atoms with Crippen molar-refractivity contribution in [2.45, 2.75) is 26.3 Å². The number of carbonyl (C=O) groups is 1. The Labute approximate surface area is 153 Å². The summed E-state index contributed by atoms with van der Waals surface area (Å²) in [7, 11) is 0. The molecule has 0 bridgehead atoms. The fourth-order valence-corrected chi connectivity index (χ4v) is 4.97. The molecule has 1 amide bonds. The van der Waals surface area contributed by atoms with Crippen LogP contribution >= 0.6 is 22.7 Å². The summed E-state index contributed by atoms with van der Waals surface area (Å²) in [6, 6.07) is 8.41. The van der Waals surface area contributed by atoms with Crippen LogP contribution in [0.2, 0.25) is 0 Å². The number of thiophene rings is 1. The number of aromatic nitrogens is 1. The average Bonchev–Trinajstić information content (AvgIpc) is 3.21. The van der Waals surface area contributed by atoms with Crippen LogP contribution in [0.25, 0.3) is 11.3 Å². The standard InChI is InChI=1S/C19H17FN2OS2/c1-12-21-19(13-2-4-15(20)5-3-13)17(25-12)10-18(23)22-8-6-16-14(11-22)7-9-24-16/h2-5,7,9H,6,8,10-11H2,1H3. The highest BCUT2D eigenvalue weighted by atomic mass is 32.1. The Morgan fingerprint density at radius 1 is 1.28 bits per heavy atom. The molecule has 25 heavy (non-hydrogen) atoms. The predicted octanol–water partition coefficient (Wildman–Crippen LogP) is 4.45. The number of thiazole rings is 1. The molecular formula is C19H17FN2OS2. The third kappa shape index (κ3) is 3.37. The maximum absolute atomic E-state index is 13.2. The van der Waals surface area contributed by atoms with Crippen molar-refractivity contribution in [1.82, 2.24) is 9.88 Å². The lowest BCUT2D eigenvalue weighted by atomic mass is 10.1. The number of amides is 1. The molecule has 0 spiro atoms. The smallest absolute Gasteiger partial charge is 0.228 e. The fourth-order valence-electron chi connectivity index (χ4n) is 3.13. The highest BCUT2D eigenvalue weighted by Gasteiger charge is 2.23. The Bertz CT molecular complexity index is 914. The summed E-state index contributed by atoms with van der Waals surface area (Å²) < 4.78 is 13.2. The van der Waals surface area contributed by atoms with Gasteiger partial charge in [-0.25, -0.2) is 9.37 Å². The number of hydrogen-bond donors (Lipinski definition) is 0. The van der Waals surface area contributed by atoms with Crippen LogP contribution in [0.1, 0.15) is 20.3 Å². The van der Waals surface area contributed by atoms with Crippen LogP contribution in [-0.2, 0) is 24.2 Å². The van der Waals surface area contributed by atoms with Gasteiger partial charge in [-0.15, -0.1) is 22.7 Å². The Morgan fingerprint density at radius 2 is 2.08 bits per heavy atom. The van der Waals surface area contributed by atoms with Gasteiger partial charge in [0.05, 0.1) is 17.1 Å². The van der Waals surface area contributed by atoms with Gasteiger partial charge in [0.2, 0.25) is 5.91 Å². The summed E-state index contributed by atoms with van der Waals surface area (Å²) in [6.07, 6.45) is 1.28. The van der Waals surface area contributed by atoms with Gasteiger partial charge in [-0.1, -0.05) is 0 Å². The molecule has 0 unspecified atom stereocenters. The summed E-state index contributed by atoms with van der Waals surface area (Å²) in [4.78, 5) is 21.6. The van der Waals surface area contributed by atoms with E-state index in [0.29, 0.717) is 13.0 Å². The Hall–Kier alpha value is -2.05. The van der Waals surface area contributed by atoms with Crippen molar-refractivity contribution in [3.63, 3.8) is 0 Å². The molecule has 3 aromatic rings. The third-order valence-electron chi connectivity index (χ3n) is 4.39. The zero-order valence-electron chi connectivity index (χ0n) is 13.8. The second-order valence-electron chi connectivity index (χ2n) is 6.12. The number of fused-ring (bicyclic) bond motifs is 1. The van der Waals surface area contributed by atoms with Crippen molar-refractivity contribution in [2.75, 3.05) is 6.54 Å². The summed E-state index contributed by atoms with van der Waals surface area (Å²) in [5, 5.41) is 3.01. The minimum absolute atomic E-state index is 0.129. The van der Waals surface area contributed by atoms with E-state index in [1.54, 1.807) is 34.8 Å². The molecular weight excluding hydrogens is 355 g/mol. The molecule has 0 N–H and O–H groups in total. The zero-order valence-corrected chi connectivity index (χ0v) is 15.4. The van der Waals surface area contributed by atoms with Gasteiger partial charge < -0.3 is 4.90 Å². The molecule has 4 rings (SSSR count). The molecule has 1 aliphatic rings. The van der Waals surface area contributed by atoms with Gasteiger partial charge in [-0.05, 0) is 54.6 Å². The van der Waals surface area contributed by atoms with Gasteiger partial charge in [-0.2, -0.15) is 0 Å².